The van der Waals surface area contributed by atoms with Gasteiger partial charge in [0.25, 0.3) is 0 Å². The SMILES string of the molecule is O=C(NCc1nn[nH]n1)Nc1cc(Br)ccc1C(=O)O. The highest BCUT2D eigenvalue weighted by molar-refractivity contribution is 9.10. The van der Waals surface area contributed by atoms with Crippen LogP contribution in [0, 0.1) is 0 Å². The number of halogens is 1. The van der Waals surface area contributed by atoms with Crippen molar-refractivity contribution in [3.8, 4) is 0 Å². The van der Waals surface area contributed by atoms with Crippen molar-refractivity contribution >= 4 is 33.6 Å². The van der Waals surface area contributed by atoms with Crippen molar-refractivity contribution in [3.05, 3.63) is 34.1 Å². The maximum atomic E-state index is 11.7. The molecule has 1 heterocycles. The van der Waals surface area contributed by atoms with Crippen molar-refractivity contribution in [1.29, 1.82) is 0 Å². The van der Waals surface area contributed by atoms with Gasteiger partial charge in [0.2, 0.25) is 0 Å². The van der Waals surface area contributed by atoms with E-state index in [2.05, 4.69) is 47.2 Å². The number of nitrogens with one attached hydrogen (secondary N) is 3. The smallest absolute Gasteiger partial charge is 0.337 e. The molecule has 0 aliphatic heterocycles. The number of amides is 2. The molecule has 20 heavy (non-hydrogen) atoms. The third-order valence-corrected chi connectivity index (χ3v) is 2.75. The largest absolute Gasteiger partial charge is 0.478 e. The van der Waals surface area contributed by atoms with Crippen LogP contribution in [-0.2, 0) is 6.54 Å². The molecule has 9 nitrogen and oxygen atoms in total. The van der Waals surface area contributed by atoms with Crippen LogP contribution in [0.25, 0.3) is 0 Å². The Morgan fingerprint density at radius 3 is 2.85 bits per heavy atom. The second-order valence-electron chi connectivity index (χ2n) is 3.63. The number of hydrogen-bond acceptors (Lipinski definition) is 5. The fourth-order valence-corrected chi connectivity index (χ4v) is 1.75. The average Bonchev–Trinajstić information content (AvgIpc) is 2.89. The van der Waals surface area contributed by atoms with Crippen LogP contribution in [0.15, 0.2) is 22.7 Å². The molecule has 0 fully saturated rings. The molecule has 0 atom stereocenters. The van der Waals surface area contributed by atoms with Gasteiger partial charge in [-0.2, -0.15) is 5.21 Å². The van der Waals surface area contributed by atoms with Crippen molar-refractivity contribution in [3.63, 3.8) is 0 Å². The summed E-state index contributed by atoms with van der Waals surface area (Å²) in [5.41, 5.74) is 0.167. The minimum absolute atomic E-state index is 0.0112. The summed E-state index contributed by atoms with van der Waals surface area (Å²) in [5.74, 6) is -0.821. The fraction of sp³-hybridized carbons (Fsp3) is 0.100. The molecule has 0 aliphatic carbocycles. The normalized spacial score (nSPS) is 10.1. The Morgan fingerprint density at radius 2 is 2.20 bits per heavy atom. The van der Waals surface area contributed by atoms with Crippen molar-refractivity contribution < 1.29 is 14.7 Å². The zero-order valence-electron chi connectivity index (χ0n) is 9.92. The molecule has 0 saturated carbocycles. The van der Waals surface area contributed by atoms with Crippen LogP contribution in [-0.4, -0.2) is 37.7 Å². The number of tetrazole rings is 1. The molecule has 104 valence electrons. The number of aromatic carboxylic acids is 1. The lowest BCUT2D eigenvalue weighted by molar-refractivity contribution is 0.0698. The van der Waals surface area contributed by atoms with E-state index in [-0.39, 0.29) is 17.8 Å². The number of nitrogens with zero attached hydrogens (tertiary/aromatic N) is 3. The number of aromatic amines is 1. The lowest BCUT2D eigenvalue weighted by Crippen LogP contribution is -2.29. The number of carboxylic acids is 1. The molecule has 4 N–H and O–H groups in total. The van der Waals surface area contributed by atoms with E-state index < -0.39 is 12.0 Å². The predicted octanol–water partition coefficient (Wildman–Crippen LogP) is 0.982. The predicted molar refractivity (Wildman–Crippen MR) is 71.1 cm³/mol. The molecule has 10 heteroatoms. The number of aromatic nitrogens is 4. The first-order chi connectivity index (χ1) is 9.56. The van der Waals surface area contributed by atoms with E-state index in [0.717, 1.165) is 0 Å². The summed E-state index contributed by atoms with van der Waals surface area (Å²) in [6, 6.07) is 3.89. The lowest BCUT2D eigenvalue weighted by Gasteiger charge is -2.09. The van der Waals surface area contributed by atoms with E-state index in [1.165, 1.54) is 12.1 Å². The van der Waals surface area contributed by atoms with Gasteiger partial charge >= 0.3 is 12.0 Å². The fourth-order valence-electron chi connectivity index (χ4n) is 1.39. The minimum Gasteiger partial charge on any atom is -0.478 e. The topological polar surface area (TPSA) is 133 Å². The Labute approximate surface area is 120 Å². The maximum Gasteiger partial charge on any atom is 0.337 e. The first-order valence-corrected chi connectivity index (χ1v) is 6.15. The van der Waals surface area contributed by atoms with Gasteiger partial charge in [-0.1, -0.05) is 21.1 Å². The number of rotatable bonds is 4. The summed E-state index contributed by atoms with van der Waals surface area (Å²) in [6.45, 7) is 0.0682. The molecule has 0 aliphatic rings. The van der Waals surface area contributed by atoms with Gasteiger partial charge in [-0.25, -0.2) is 9.59 Å². The first-order valence-electron chi connectivity index (χ1n) is 5.36. The highest BCUT2D eigenvalue weighted by Crippen LogP contribution is 2.21. The van der Waals surface area contributed by atoms with Crippen LogP contribution in [0.4, 0.5) is 10.5 Å². The Kier molecular flexibility index (Phi) is 4.25. The van der Waals surface area contributed by atoms with Gasteiger partial charge in [0, 0.05) is 4.47 Å². The number of hydrogen-bond donors (Lipinski definition) is 4. The summed E-state index contributed by atoms with van der Waals surface area (Å²) in [4.78, 5) is 22.7. The van der Waals surface area contributed by atoms with Gasteiger partial charge in [0.1, 0.15) is 0 Å². The van der Waals surface area contributed by atoms with Crippen molar-refractivity contribution in [2.75, 3.05) is 5.32 Å². The van der Waals surface area contributed by atoms with Gasteiger partial charge in [-0.3, -0.25) is 0 Å². The van der Waals surface area contributed by atoms with E-state index >= 15 is 0 Å². The van der Waals surface area contributed by atoms with Crippen LogP contribution < -0.4 is 10.6 Å². The molecular formula is C10H9BrN6O3. The van der Waals surface area contributed by atoms with Crippen LogP contribution in [0.5, 0.6) is 0 Å². The van der Waals surface area contributed by atoms with Crippen LogP contribution in [0.3, 0.4) is 0 Å². The molecule has 2 aromatic rings. The van der Waals surface area contributed by atoms with Crippen LogP contribution in [0.2, 0.25) is 0 Å². The van der Waals surface area contributed by atoms with Gasteiger partial charge in [0.05, 0.1) is 17.8 Å². The zero-order chi connectivity index (χ0) is 14.5. The summed E-state index contributed by atoms with van der Waals surface area (Å²) in [5, 5.41) is 26.9. The summed E-state index contributed by atoms with van der Waals surface area (Å²) in [7, 11) is 0. The van der Waals surface area contributed by atoms with Gasteiger partial charge in [-0.15, -0.1) is 10.2 Å². The Morgan fingerprint density at radius 1 is 1.40 bits per heavy atom. The highest BCUT2D eigenvalue weighted by atomic mass is 79.9. The van der Waals surface area contributed by atoms with Crippen molar-refractivity contribution in [2.24, 2.45) is 0 Å². The summed E-state index contributed by atoms with van der Waals surface area (Å²) < 4.78 is 0.649. The van der Waals surface area contributed by atoms with Crippen LogP contribution in [0.1, 0.15) is 16.2 Å². The maximum absolute atomic E-state index is 11.7. The lowest BCUT2D eigenvalue weighted by atomic mass is 10.2. The molecule has 1 aromatic heterocycles. The van der Waals surface area contributed by atoms with Gasteiger partial charge < -0.3 is 15.7 Å². The number of carboxylic acid groups (broad SMARTS) is 1. The van der Waals surface area contributed by atoms with E-state index in [4.69, 9.17) is 5.11 Å². The highest BCUT2D eigenvalue weighted by Gasteiger charge is 2.13. The number of benzene rings is 1. The zero-order valence-corrected chi connectivity index (χ0v) is 11.5. The molecule has 0 radical (unpaired) electrons. The van der Waals surface area contributed by atoms with E-state index in [1.54, 1.807) is 6.07 Å². The van der Waals surface area contributed by atoms with E-state index in [1.807, 2.05) is 0 Å². The monoisotopic (exact) mass is 340 g/mol. The Bertz CT molecular complexity index is 630. The van der Waals surface area contributed by atoms with Crippen LogP contribution >= 0.6 is 15.9 Å². The third kappa shape index (κ3) is 3.51. The van der Waals surface area contributed by atoms with Crippen molar-refractivity contribution in [2.45, 2.75) is 6.54 Å². The van der Waals surface area contributed by atoms with E-state index in [9.17, 15) is 9.59 Å². The second-order valence-corrected chi connectivity index (χ2v) is 4.55. The number of carbonyl (C=O) groups excluding carboxylic acids is 1. The molecule has 1 aromatic carbocycles. The summed E-state index contributed by atoms with van der Waals surface area (Å²) in [6.07, 6.45) is 0. The number of urea groups is 1. The Hall–Kier alpha value is -2.49. The number of H-pyrrole nitrogens is 1. The number of carbonyl (C=O) groups is 2. The summed E-state index contributed by atoms with van der Waals surface area (Å²) >= 11 is 3.21. The van der Waals surface area contributed by atoms with Gasteiger partial charge in [-0.05, 0) is 18.2 Å². The first kappa shape index (κ1) is 13.9. The molecule has 2 rings (SSSR count). The third-order valence-electron chi connectivity index (χ3n) is 2.26. The molecule has 0 saturated heterocycles. The Balaban J connectivity index is 2.03. The minimum atomic E-state index is -1.13. The number of anilines is 1. The average molecular weight is 341 g/mol. The second kappa shape index (κ2) is 6.10. The molecule has 0 bridgehead atoms. The molecular weight excluding hydrogens is 332 g/mol. The van der Waals surface area contributed by atoms with Crippen molar-refractivity contribution in [1.82, 2.24) is 25.9 Å². The molecule has 2 amide bonds. The molecule has 0 unspecified atom stereocenters. The quantitative estimate of drug-likeness (QED) is 0.655. The van der Waals surface area contributed by atoms with E-state index in [0.29, 0.717) is 10.3 Å². The molecule has 0 spiro atoms. The standard InChI is InChI=1S/C10H9BrN6O3/c11-5-1-2-6(9(18)19)7(3-5)13-10(20)12-4-8-14-16-17-15-8/h1-3H,4H2,(H,18,19)(H2,12,13,20)(H,14,15,16,17). The van der Waals surface area contributed by atoms with Gasteiger partial charge in [0.15, 0.2) is 5.82 Å².